The maximum atomic E-state index is 10.8. The van der Waals surface area contributed by atoms with Gasteiger partial charge >= 0.3 is 0 Å². The van der Waals surface area contributed by atoms with Gasteiger partial charge in [-0.05, 0) is 18.1 Å². The van der Waals surface area contributed by atoms with E-state index in [0.717, 1.165) is 18.5 Å². The molecule has 98 valence electrons. The average molecular weight is 258 g/mol. The summed E-state index contributed by atoms with van der Waals surface area (Å²) >= 11 is 0. The molecule has 0 atom stereocenters. The van der Waals surface area contributed by atoms with Gasteiger partial charge in [0.2, 0.25) is 0 Å². The van der Waals surface area contributed by atoms with E-state index in [1.165, 1.54) is 12.1 Å². The van der Waals surface area contributed by atoms with E-state index in [9.17, 15) is 15.4 Å². The summed E-state index contributed by atoms with van der Waals surface area (Å²) in [6, 6.07) is 6.61. The van der Waals surface area contributed by atoms with Gasteiger partial charge in [0.15, 0.2) is 0 Å². The second-order valence-corrected chi connectivity index (χ2v) is 4.39. The molecule has 1 aliphatic rings. The Kier molecular flexibility index (Phi) is 3.38. The van der Waals surface area contributed by atoms with Gasteiger partial charge in [0.1, 0.15) is 11.9 Å². The number of nitro benzene ring substituents is 1. The molecule has 6 heteroatoms. The molecule has 0 radical (unpaired) electrons. The van der Waals surface area contributed by atoms with Crippen LogP contribution in [0.2, 0.25) is 0 Å². The number of nitriles is 1. The Balaban J connectivity index is 2.53. The van der Waals surface area contributed by atoms with Crippen molar-refractivity contribution in [3.63, 3.8) is 0 Å². The summed E-state index contributed by atoms with van der Waals surface area (Å²) in [4.78, 5) is 12.2. The molecule has 0 spiro atoms. The second-order valence-electron chi connectivity index (χ2n) is 4.39. The second kappa shape index (κ2) is 4.98. The van der Waals surface area contributed by atoms with Crippen molar-refractivity contribution >= 4 is 11.3 Å². The minimum Gasteiger partial charge on any atom is -0.384 e. The number of allylic oxidation sites excluding steroid dienone is 1. The van der Waals surface area contributed by atoms with Crippen LogP contribution in [-0.4, -0.2) is 16.4 Å². The van der Waals surface area contributed by atoms with Crippen LogP contribution in [0.1, 0.15) is 24.5 Å². The molecule has 19 heavy (non-hydrogen) atoms. The van der Waals surface area contributed by atoms with Crippen LogP contribution < -0.4 is 5.73 Å². The van der Waals surface area contributed by atoms with Gasteiger partial charge < -0.3 is 10.6 Å². The van der Waals surface area contributed by atoms with Gasteiger partial charge in [0.05, 0.1) is 10.5 Å². The Morgan fingerprint density at radius 1 is 1.58 bits per heavy atom. The van der Waals surface area contributed by atoms with E-state index in [0.29, 0.717) is 23.5 Å². The molecule has 1 aromatic carbocycles. The van der Waals surface area contributed by atoms with E-state index in [4.69, 9.17) is 5.73 Å². The van der Waals surface area contributed by atoms with E-state index in [1.54, 1.807) is 6.07 Å². The molecule has 0 aromatic heterocycles. The Labute approximate surface area is 110 Å². The van der Waals surface area contributed by atoms with Crippen LogP contribution >= 0.6 is 0 Å². The first-order chi connectivity index (χ1) is 9.08. The average Bonchev–Trinajstić information content (AvgIpc) is 2.39. The molecule has 2 N–H and O–H groups in total. The zero-order chi connectivity index (χ0) is 14.0. The third kappa shape index (κ3) is 2.22. The lowest BCUT2D eigenvalue weighted by atomic mass is 9.95. The zero-order valence-electron chi connectivity index (χ0n) is 10.6. The van der Waals surface area contributed by atoms with Crippen molar-refractivity contribution in [3.8, 4) is 6.07 Å². The normalized spacial score (nSPS) is 14.0. The third-order valence-corrected chi connectivity index (χ3v) is 3.13. The van der Waals surface area contributed by atoms with E-state index >= 15 is 0 Å². The van der Waals surface area contributed by atoms with Crippen molar-refractivity contribution in [1.82, 2.24) is 4.90 Å². The van der Waals surface area contributed by atoms with E-state index in [-0.39, 0.29) is 5.69 Å². The number of hydrogen-bond donors (Lipinski definition) is 1. The van der Waals surface area contributed by atoms with Crippen LogP contribution in [0.5, 0.6) is 0 Å². The first-order valence-electron chi connectivity index (χ1n) is 6.01. The van der Waals surface area contributed by atoms with Crippen LogP contribution in [0.15, 0.2) is 24.0 Å². The molecule has 2 rings (SSSR count). The van der Waals surface area contributed by atoms with E-state index in [2.05, 4.69) is 6.07 Å². The molecule has 1 aliphatic heterocycles. The number of nitro groups is 1. The number of nitrogens with two attached hydrogens (primary N) is 1. The largest absolute Gasteiger partial charge is 0.384 e. The fourth-order valence-electron chi connectivity index (χ4n) is 2.24. The van der Waals surface area contributed by atoms with Crippen molar-refractivity contribution in [2.75, 3.05) is 6.54 Å². The molecular formula is C13H14N4O2. The number of fused-ring (bicyclic) bond motifs is 1. The smallest absolute Gasteiger partial charge is 0.269 e. The van der Waals surface area contributed by atoms with Crippen LogP contribution in [0.25, 0.3) is 5.57 Å². The Morgan fingerprint density at radius 3 is 2.89 bits per heavy atom. The highest BCUT2D eigenvalue weighted by molar-refractivity contribution is 5.82. The number of benzene rings is 1. The maximum absolute atomic E-state index is 10.8. The number of hydrogen-bond acceptors (Lipinski definition) is 5. The molecule has 0 aliphatic carbocycles. The molecule has 6 nitrogen and oxygen atoms in total. The molecule has 0 bridgehead atoms. The predicted octanol–water partition coefficient (Wildman–Crippen LogP) is 1.97. The van der Waals surface area contributed by atoms with Crippen LogP contribution in [0.3, 0.4) is 0 Å². The highest BCUT2D eigenvalue weighted by Crippen LogP contribution is 2.31. The monoisotopic (exact) mass is 258 g/mol. The minimum atomic E-state index is -0.432. The standard InChI is InChI=1S/C13H14N4O2/c1-2-5-16-8-9-6-10(17(18)19)3-4-11(9)12(7-14)13(16)15/h3-4,6H,2,5,8,15H2,1H3. The van der Waals surface area contributed by atoms with Crippen LogP contribution in [0, 0.1) is 21.4 Å². The quantitative estimate of drug-likeness (QED) is 0.660. The summed E-state index contributed by atoms with van der Waals surface area (Å²) < 4.78 is 0. The van der Waals surface area contributed by atoms with Gasteiger partial charge in [-0.2, -0.15) is 5.26 Å². The number of rotatable bonds is 3. The molecule has 1 heterocycles. The molecular weight excluding hydrogens is 244 g/mol. The molecule has 0 unspecified atom stereocenters. The fraction of sp³-hybridized carbons (Fsp3) is 0.308. The maximum Gasteiger partial charge on any atom is 0.269 e. The molecule has 1 aromatic rings. The molecule has 0 amide bonds. The Morgan fingerprint density at radius 2 is 2.32 bits per heavy atom. The van der Waals surface area contributed by atoms with Gasteiger partial charge in [-0.1, -0.05) is 6.92 Å². The first-order valence-corrected chi connectivity index (χ1v) is 6.01. The summed E-state index contributed by atoms with van der Waals surface area (Å²) in [5.74, 6) is 0.450. The summed E-state index contributed by atoms with van der Waals surface area (Å²) in [6.07, 6.45) is 0.893. The SMILES string of the molecule is CCCN1Cc2cc([N+](=O)[O-])ccc2C(C#N)=C1N. The summed E-state index contributed by atoms with van der Waals surface area (Å²) in [5, 5.41) is 20.0. The Hall–Kier alpha value is -2.55. The van der Waals surface area contributed by atoms with Gasteiger partial charge in [-0.3, -0.25) is 10.1 Å². The van der Waals surface area contributed by atoms with Crippen molar-refractivity contribution in [2.24, 2.45) is 5.73 Å². The Bertz CT molecular complexity index is 601. The van der Waals surface area contributed by atoms with Crippen LogP contribution in [0.4, 0.5) is 5.69 Å². The van der Waals surface area contributed by atoms with Crippen molar-refractivity contribution in [1.29, 1.82) is 5.26 Å². The van der Waals surface area contributed by atoms with E-state index < -0.39 is 4.92 Å². The summed E-state index contributed by atoms with van der Waals surface area (Å²) in [5.41, 5.74) is 7.87. The molecule has 0 saturated heterocycles. The fourth-order valence-corrected chi connectivity index (χ4v) is 2.24. The van der Waals surface area contributed by atoms with Gasteiger partial charge in [0, 0.05) is 30.8 Å². The number of nitrogens with zero attached hydrogens (tertiary/aromatic N) is 3. The van der Waals surface area contributed by atoms with Crippen molar-refractivity contribution in [2.45, 2.75) is 19.9 Å². The zero-order valence-corrected chi connectivity index (χ0v) is 10.6. The third-order valence-electron chi connectivity index (χ3n) is 3.13. The van der Waals surface area contributed by atoms with Gasteiger partial charge in [-0.15, -0.1) is 0 Å². The van der Waals surface area contributed by atoms with Crippen molar-refractivity contribution in [3.05, 3.63) is 45.3 Å². The lowest BCUT2D eigenvalue weighted by Crippen LogP contribution is -2.32. The minimum absolute atomic E-state index is 0.0351. The van der Waals surface area contributed by atoms with E-state index in [1.807, 2.05) is 11.8 Å². The topological polar surface area (TPSA) is 96.2 Å². The summed E-state index contributed by atoms with van der Waals surface area (Å²) in [6.45, 7) is 3.24. The lowest BCUT2D eigenvalue weighted by Gasteiger charge is -2.30. The molecule has 0 fully saturated rings. The first kappa shape index (κ1) is 12.9. The molecule has 0 saturated carbocycles. The van der Waals surface area contributed by atoms with Crippen molar-refractivity contribution < 1.29 is 4.92 Å². The highest BCUT2D eigenvalue weighted by atomic mass is 16.6. The lowest BCUT2D eigenvalue weighted by molar-refractivity contribution is -0.384. The predicted molar refractivity (Wildman–Crippen MR) is 70.5 cm³/mol. The van der Waals surface area contributed by atoms with Gasteiger partial charge in [0.25, 0.3) is 5.69 Å². The highest BCUT2D eigenvalue weighted by Gasteiger charge is 2.24. The van der Waals surface area contributed by atoms with Gasteiger partial charge in [-0.25, -0.2) is 0 Å². The summed E-state index contributed by atoms with van der Waals surface area (Å²) in [7, 11) is 0. The van der Waals surface area contributed by atoms with Crippen LogP contribution in [-0.2, 0) is 6.54 Å². The number of non-ortho nitro benzene ring substituents is 1.